The van der Waals surface area contributed by atoms with E-state index in [0.717, 1.165) is 0 Å². The number of hydrogen-bond acceptors (Lipinski definition) is 3. The van der Waals surface area contributed by atoms with Crippen molar-refractivity contribution in [3.05, 3.63) is 0 Å². The summed E-state index contributed by atoms with van der Waals surface area (Å²) in [5.41, 5.74) is 4.86. The molecule has 1 unspecified atom stereocenters. The average molecular weight is 146 g/mol. The maximum atomic E-state index is 10.2. The first-order valence-corrected chi connectivity index (χ1v) is 3.26. The molecule has 0 saturated heterocycles. The maximum Gasteiger partial charge on any atom is 0.231 e. The van der Waals surface area contributed by atoms with Crippen LogP contribution in [0.3, 0.4) is 0 Å². The number of aliphatic hydroxyl groups is 1. The molecule has 1 atom stereocenters. The van der Waals surface area contributed by atoms with E-state index in [-0.39, 0.29) is 25.0 Å². The van der Waals surface area contributed by atoms with Crippen LogP contribution < -0.4 is 11.1 Å². The number of rotatable bonds is 5. The topological polar surface area (TPSA) is 75.3 Å². The fourth-order valence-electron chi connectivity index (χ4n) is 0.506. The number of nitrogens with one attached hydrogen (secondary N) is 1. The maximum absolute atomic E-state index is 10.2. The first-order valence-electron chi connectivity index (χ1n) is 3.26. The van der Waals surface area contributed by atoms with Gasteiger partial charge in [0.15, 0.2) is 0 Å². The van der Waals surface area contributed by atoms with Crippen LogP contribution in [0.5, 0.6) is 0 Å². The van der Waals surface area contributed by atoms with Gasteiger partial charge in [0.25, 0.3) is 0 Å². The van der Waals surface area contributed by atoms with E-state index in [2.05, 4.69) is 5.32 Å². The molecule has 0 bridgehead atoms. The molecule has 4 nitrogen and oxygen atoms in total. The zero-order valence-corrected chi connectivity index (χ0v) is 6.13. The average Bonchev–Trinajstić information content (AvgIpc) is 1.87. The third kappa shape index (κ3) is 5.53. The molecule has 4 heteroatoms. The largest absolute Gasteiger partial charge is 0.396 e. The van der Waals surface area contributed by atoms with Crippen LogP contribution in [0.1, 0.15) is 6.92 Å². The predicted molar refractivity (Wildman–Crippen MR) is 38.3 cm³/mol. The first-order chi connectivity index (χ1) is 4.66. The van der Waals surface area contributed by atoms with Crippen molar-refractivity contribution in [3.8, 4) is 0 Å². The molecule has 10 heavy (non-hydrogen) atoms. The van der Waals surface area contributed by atoms with Gasteiger partial charge in [0.05, 0.1) is 6.54 Å². The highest BCUT2D eigenvalue weighted by molar-refractivity contribution is 5.75. The minimum atomic E-state index is -0.370. The molecule has 0 saturated carbocycles. The summed E-state index contributed by atoms with van der Waals surface area (Å²) < 4.78 is 0. The summed E-state index contributed by atoms with van der Waals surface area (Å²) in [7, 11) is 0. The Morgan fingerprint density at radius 3 is 2.80 bits per heavy atom. The fourth-order valence-corrected chi connectivity index (χ4v) is 0.506. The van der Waals surface area contributed by atoms with Crippen molar-refractivity contribution in [1.82, 2.24) is 5.32 Å². The molecule has 0 aliphatic heterocycles. The Bertz CT molecular complexity index is 106. The van der Waals surface area contributed by atoms with Crippen molar-refractivity contribution in [1.29, 1.82) is 0 Å². The molecule has 0 radical (unpaired) electrons. The zero-order valence-electron chi connectivity index (χ0n) is 6.13. The number of aliphatic hydroxyl groups excluding tert-OH is 1. The highest BCUT2D eigenvalue weighted by atomic mass is 16.3. The second-order valence-electron chi connectivity index (χ2n) is 2.38. The zero-order chi connectivity index (χ0) is 7.98. The van der Waals surface area contributed by atoms with Gasteiger partial charge < -0.3 is 16.2 Å². The number of amides is 1. The van der Waals surface area contributed by atoms with Gasteiger partial charge in [-0.15, -0.1) is 0 Å². The molecule has 0 heterocycles. The van der Waals surface area contributed by atoms with Crippen molar-refractivity contribution < 1.29 is 9.90 Å². The second-order valence-corrected chi connectivity index (χ2v) is 2.38. The Kier molecular flexibility index (Phi) is 4.88. The van der Waals surface area contributed by atoms with E-state index in [1.54, 1.807) is 0 Å². The molecule has 0 rings (SSSR count). The van der Waals surface area contributed by atoms with Crippen LogP contribution in [0.4, 0.5) is 0 Å². The van der Waals surface area contributed by atoms with Crippen LogP contribution >= 0.6 is 0 Å². The summed E-state index contributed by atoms with van der Waals surface area (Å²) in [6.45, 7) is 2.82. The van der Waals surface area contributed by atoms with E-state index in [0.29, 0.717) is 6.54 Å². The van der Waals surface area contributed by atoms with Crippen molar-refractivity contribution in [3.63, 3.8) is 0 Å². The van der Waals surface area contributed by atoms with Gasteiger partial charge in [0, 0.05) is 13.2 Å². The van der Waals surface area contributed by atoms with Gasteiger partial charge in [0.1, 0.15) is 0 Å². The van der Waals surface area contributed by atoms with Gasteiger partial charge in [-0.05, 0) is 5.92 Å². The van der Waals surface area contributed by atoms with Crippen LogP contribution in [-0.4, -0.2) is 30.7 Å². The molecule has 0 spiro atoms. The number of carbonyl (C=O) groups is 1. The van der Waals surface area contributed by atoms with Crippen molar-refractivity contribution >= 4 is 5.91 Å². The summed E-state index contributed by atoms with van der Waals surface area (Å²) in [5, 5.41) is 11.3. The molecule has 0 aromatic carbocycles. The Labute approximate surface area is 60.4 Å². The summed E-state index contributed by atoms with van der Waals surface area (Å²) >= 11 is 0. The lowest BCUT2D eigenvalue weighted by atomic mass is 10.2. The van der Waals surface area contributed by atoms with Gasteiger partial charge in [-0.3, -0.25) is 4.79 Å². The molecule has 0 fully saturated rings. The van der Waals surface area contributed by atoms with Crippen molar-refractivity contribution in [2.24, 2.45) is 11.7 Å². The number of primary amides is 1. The quantitative estimate of drug-likeness (QED) is 0.451. The molecule has 60 valence electrons. The van der Waals surface area contributed by atoms with E-state index in [9.17, 15) is 4.79 Å². The first kappa shape index (κ1) is 9.39. The molecule has 0 aliphatic carbocycles. The third-order valence-electron chi connectivity index (χ3n) is 1.10. The number of carbonyl (C=O) groups excluding carboxylic acids is 1. The van der Waals surface area contributed by atoms with Crippen LogP contribution in [-0.2, 0) is 4.79 Å². The van der Waals surface area contributed by atoms with Gasteiger partial charge >= 0.3 is 0 Å². The van der Waals surface area contributed by atoms with E-state index in [1.165, 1.54) is 0 Å². The minimum Gasteiger partial charge on any atom is -0.396 e. The van der Waals surface area contributed by atoms with Gasteiger partial charge in [-0.2, -0.15) is 0 Å². The molecular formula is C6H14N2O2. The van der Waals surface area contributed by atoms with Gasteiger partial charge in [-0.25, -0.2) is 0 Å². The van der Waals surface area contributed by atoms with Crippen LogP contribution in [0.2, 0.25) is 0 Å². The minimum absolute atomic E-state index is 0.131. The Balaban J connectivity index is 3.11. The monoisotopic (exact) mass is 146 g/mol. The van der Waals surface area contributed by atoms with Crippen LogP contribution in [0.25, 0.3) is 0 Å². The Morgan fingerprint density at radius 1 is 1.80 bits per heavy atom. The van der Waals surface area contributed by atoms with Gasteiger partial charge in [0.2, 0.25) is 5.91 Å². The molecule has 0 aliphatic rings. The predicted octanol–water partition coefficient (Wildman–Crippen LogP) is -1.31. The number of nitrogens with two attached hydrogens (primary N) is 1. The lowest BCUT2D eigenvalue weighted by Crippen LogP contribution is -2.32. The van der Waals surface area contributed by atoms with Gasteiger partial charge in [-0.1, -0.05) is 6.92 Å². The second kappa shape index (κ2) is 5.20. The standard InChI is InChI=1S/C6H14N2O2/c1-5(4-9)2-8-3-6(7)10/h5,8-9H,2-4H2,1H3,(H2,7,10). The molecule has 0 aromatic rings. The van der Waals surface area contributed by atoms with E-state index in [1.807, 2.05) is 6.92 Å². The third-order valence-corrected chi connectivity index (χ3v) is 1.10. The smallest absolute Gasteiger partial charge is 0.231 e. The lowest BCUT2D eigenvalue weighted by molar-refractivity contribution is -0.117. The lowest BCUT2D eigenvalue weighted by Gasteiger charge is -2.06. The van der Waals surface area contributed by atoms with Crippen LogP contribution in [0, 0.1) is 5.92 Å². The normalized spacial score (nSPS) is 13.0. The Hall–Kier alpha value is -0.610. The van der Waals surface area contributed by atoms with E-state index in [4.69, 9.17) is 10.8 Å². The fraction of sp³-hybridized carbons (Fsp3) is 0.833. The van der Waals surface area contributed by atoms with E-state index >= 15 is 0 Å². The van der Waals surface area contributed by atoms with Crippen molar-refractivity contribution in [2.45, 2.75) is 6.92 Å². The molecule has 0 aromatic heterocycles. The molecular weight excluding hydrogens is 132 g/mol. The van der Waals surface area contributed by atoms with E-state index < -0.39 is 0 Å². The SMILES string of the molecule is CC(CO)CNCC(N)=O. The summed E-state index contributed by atoms with van der Waals surface area (Å²) in [6.07, 6.45) is 0. The highest BCUT2D eigenvalue weighted by Crippen LogP contribution is 1.87. The highest BCUT2D eigenvalue weighted by Gasteiger charge is 1.98. The molecule has 4 N–H and O–H groups in total. The molecule has 1 amide bonds. The summed E-state index contributed by atoms with van der Waals surface area (Å²) in [5.74, 6) is -0.190. The Morgan fingerprint density at radius 2 is 2.40 bits per heavy atom. The van der Waals surface area contributed by atoms with Crippen LogP contribution in [0.15, 0.2) is 0 Å². The summed E-state index contributed by atoms with van der Waals surface area (Å²) in [6, 6.07) is 0. The summed E-state index contributed by atoms with van der Waals surface area (Å²) in [4.78, 5) is 10.2. The number of hydrogen-bond donors (Lipinski definition) is 3. The van der Waals surface area contributed by atoms with Crippen molar-refractivity contribution in [2.75, 3.05) is 19.7 Å².